The number of hydrogen-bond donors (Lipinski definition) is 1. The minimum Gasteiger partial charge on any atom is -0.493 e. The Balaban J connectivity index is 1.61. The molecule has 164 valence electrons. The van der Waals surface area contributed by atoms with E-state index in [1.165, 1.54) is 37.5 Å². The molecule has 0 radical (unpaired) electrons. The Morgan fingerprint density at radius 3 is 2.28 bits per heavy atom. The van der Waals surface area contributed by atoms with Crippen LogP contribution in [0.4, 0.5) is 5.69 Å². The fraction of sp³-hybridized carbons (Fsp3) is 0.0833. The molecule has 3 rings (SSSR count). The van der Waals surface area contributed by atoms with E-state index in [1.54, 1.807) is 49.6 Å². The summed E-state index contributed by atoms with van der Waals surface area (Å²) in [5.41, 5.74) is 1.51. The molecule has 1 amide bonds. The summed E-state index contributed by atoms with van der Waals surface area (Å²) in [5.74, 6) is 0.498. The number of methoxy groups -OCH3 is 2. The third-order valence-corrected chi connectivity index (χ3v) is 4.90. The van der Waals surface area contributed by atoms with E-state index in [4.69, 9.17) is 37.4 Å². The molecule has 0 saturated carbocycles. The van der Waals surface area contributed by atoms with Gasteiger partial charge in [0.15, 0.2) is 11.5 Å². The van der Waals surface area contributed by atoms with Crippen molar-refractivity contribution in [1.82, 2.24) is 0 Å². The van der Waals surface area contributed by atoms with E-state index in [9.17, 15) is 9.59 Å². The maximum atomic E-state index is 12.4. The van der Waals surface area contributed by atoms with Gasteiger partial charge in [-0.15, -0.1) is 0 Å². The van der Waals surface area contributed by atoms with Gasteiger partial charge in [0.1, 0.15) is 5.75 Å². The van der Waals surface area contributed by atoms with Crippen LogP contribution in [0.2, 0.25) is 10.0 Å². The molecule has 1 N–H and O–H groups in total. The van der Waals surface area contributed by atoms with Gasteiger partial charge in [0.05, 0.1) is 24.9 Å². The highest BCUT2D eigenvalue weighted by Gasteiger charge is 2.10. The molecule has 0 fully saturated rings. The van der Waals surface area contributed by atoms with Crippen LogP contribution in [0.5, 0.6) is 17.2 Å². The predicted octanol–water partition coefficient (Wildman–Crippen LogP) is 5.88. The molecular formula is C24H19Cl2NO5. The van der Waals surface area contributed by atoms with Gasteiger partial charge in [-0.2, -0.15) is 0 Å². The van der Waals surface area contributed by atoms with Crippen molar-refractivity contribution in [1.29, 1.82) is 0 Å². The largest absolute Gasteiger partial charge is 0.493 e. The van der Waals surface area contributed by atoms with Crippen LogP contribution in [0.1, 0.15) is 15.9 Å². The average Bonchev–Trinajstić information content (AvgIpc) is 2.80. The van der Waals surface area contributed by atoms with Crippen molar-refractivity contribution in [3.63, 3.8) is 0 Å². The number of halogens is 2. The van der Waals surface area contributed by atoms with E-state index >= 15 is 0 Å². The monoisotopic (exact) mass is 471 g/mol. The highest BCUT2D eigenvalue weighted by molar-refractivity contribution is 6.35. The first-order valence-electron chi connectivity index (χ1n) is 9.38. The van der Waals surface area contributed by atoms with Crippen LogP contribution in [0.3, 0.4) is 0 Å². The number of hydrogen-bond acceptors (Lipinski definition) is 5. The number of benzene rings is 3. The van der Waals surface area contributed by atoms with Crippen LogP contribution in [-0.2, 0) is 4.79 Å². The van der Waals surface area contributed by atoms with Crippen molar-refractivity contribution in [2.24, 2.45) is 0 Å². The van der Waals surface area contributed by atoms with Crippen molar-refractivity contribution in [2.45, 2.75) is 0 Å². The molecule has 0 heterocycles. The Labute approximate surface area is 195 Å². The number of nitrogens with one attached hydrogen (secondary N) is 1. The highest BCUT2D eigenvalue weighted by Crippen LogP contribution is 2.28. The lowest BCUT2D eigenvalue weighted by Crippen LogP contribution is -2.12. The Kier molecular flexibility index (Phi) is 7.76. The molecule has 0 aliphatic carbocycles. The standard InChI is InChI=1S/C24H19Cl2NO5/c1-30-21-11-3-15(13-22(21)31-2)4-12-23(28)32-18-8-5-16(6-9-18)24(29)27-20-14-17(25)7-10-19(20)26/h3-14H,1-2H3,(H,27,29)/b12-4+. The maximum absolute atomic E-state index is 12.4. The zero-order chi connectivity index (χ0) is 23.1. The number of carbonyl (C=O) groups is 2. The molecule has 0 aliphatic rings. The van der Waals surface area contributed by atoms with Gasteiger partial charge in [-0.1, -0.05) is 29.3 Å². The van der Waals surface area contributed by atoms with Crippen LogP contribution in [0, 0.1) is 0 Å². The second-order valence-corrected chi connectivity index (χ2v) is 7.32. The molecule has 3 aromatic rings. The normalized spacial score (nSPS) is 10.6. The summed E-state index contributed by atoms with van der Waals surface area (Å²) in [6.07, 6.45) is 2.89. The summed E-state index contributed by atoms with van der Waals surface area (Å²) < 4.78 is 15.7. The maximum Gasteiger partial charge on any atom is 0.336 e. The summed E-state index contributed by atoms with van der Waals surface area (Å²) in [5, 5.41) is 3.51. The second-order valence-electron chi connectivity index (χ2n) is 6.47. The fourth-order valence-electron chi connectivity index (χ4n) is 2.73. The summed E-state index contributed by atoms with van der Waals surface area (Å²) in [6, 6.07) is 16.2. The van der Waals surface area contributed by atoms with Crippen LogP contribution in [0.15, 0.2) is 66.7 Å². The van der Waals surface area contributed by atoms with Gasteiger partial charge >= 0.3 is 5.97 Å². The molecule has 0 bridgehead atoms. The molecule has 0 atom stereocenters. The molecule has 8 heteroatoms. The first-order chi connectivity index (χ1) is 15.4. The van der Waals surface area contributed by atoms with Crippen molar-refractivity contribution >= 4 is 46.8 Å². The van der Waals surface area contributed by atoms with Gasteiger partial charge in [0.2, 0.25) is 0 Å². The molecular weight excluding hydrogens is 453 g/mol. The minimum atomic E-state index is -0.567. The topological polar surface area (TPSA) is 73.9 Å². The third-order valence-electron chi connectivity index (χ3n) is 4.33. The number of ether oxygens (including phenoxy) is 3. The minimum absolute atomic E-state index is 0.296. The van der Waals surface area contributed by atoms with Crippen LogP contribution in [-0.4, -0.2) is 26.1 Å². The highest BCUT2D eigenvalue weighted by atomic mass is 35.5. The zero-order valence-corrected chi connectivity index (χ0v) is 18.7. The molecule has 3 aromatic carbocycles. The van der Waals surface area contributed by atoms with E-state index in [2.05, 4.69) is 5.32 Å². The lowest BCUT2D eigenvalue weighted by molar-refractivity contribution is -0.128. The summed E-state index contributed by atoms with van der Waals surface area (Å²) in [4.78, 5) is 24.5. The Bertz CT molecular complexity index is 1160. The molecule has 0 aromatic heterocycles. The number of carbonyl (C=O) groups excluding carboxylic acids is 2. The van der Waals surface area contributed by atoms with Gasteiger partial charge in [0, 0.05) is 16.7 Å². The molecule has 0 unspecified atom stereocenters. The van der Waals surface area contributed by atoms with Gasteiger partial charge in [-0.3, -0.25) is 4.79 Å². The summed E-state index contributed by atoms with van der Waals surface area (Å²) >= 11 is 12.0. The van der Waals surface area contributed by atoms with Crippen LogP contribution in [0.25, 0.3) is 6.08 Å². The molecule has 32 heavy (non-hydrogen) atoms. The Morgan fingerprint density at radius 1 is 0.875 bits per heavy atom. The SMILES string of the molecule is COc1ccc(/C=C/C(=O)Oc2ccc(C(=O)Nc3cc(Cl)ccc3Cl)cc2)cc1OC. The van der Waals surface area contributed by atoms with Crippen molar-refractivity contribution in [2.75, 3.05) is 19.5 Å². The number of amides is 1. The smallest absolute Gasteiger partial charge is 0.336 e. The van der Waals surface area contributed by atoms with E-state index < -0.39 is 5.97 Å². The van der Waals surface area contributed by atoms with Gasteiger partial charge < -0.3 is 19.5 Å². The van der Waals surface area contributed by atoms with Gasteiger partial charge in [-0.25, -0.2) is 4.79 Å². The number of anilines is 1. The van der Waals surface area contributed by atoms with E-state index in [-0.39, 0.29) is 5.91 Å². The van der Waals surface area contributed by atoms with E-state index in [0.29, 0.717) is 38.5 Å². The lowest BCUT2D eigenvalue weighted by atomic mass is 10.2. The molecule has 6 nitrogen and oxygen atoms in total. The van der Waals surface area contributed by atoms with Crippen molar-refractivity contribution < 1.29 is 23.8 Å². The molecule has 0 spiro atoms. The fourth-order valence-corrected chi connectivity index (χ4v) is 3.07. The van der Waals surface area contributed by atoms with E-state index in [0.717, 1.165) is 5.56 Å². The Morgan fingerprint density at radius 2 is 1.59 bits per heavy atom. The van der Waals surface area contributed by atoms with Crippen LogP contribution >= 0.6 is 23.2 Å². The van der Waals surface area contributed by atoms with Gasteiger partial charge in [-0.05, 0) is 66.2 Å². The number of rotatable bonds is 7. The van der Waals surface area contributed by atoms with Crippen molar-refractivity contribution in [3.8, 4) is 17.2 Å². The summed E-state index contributed by atoms with van der Waals surface area (Å²) in [6.45, 7) is 0. The molecule has 0 aliphatic heterocycles. The predicted molar refractivity (Wildman–Crippen MR) is 125 cm³/mol. The summed E-state index contributed by atoms with van der Waals surface area (Å²) in [7, 11) is 3.08. The van der Waals surface area contributed by atoms with E-state index in [1.807, 2.05) is 0 Å². The number of esters is 1. The quantitative estimate of drug-likeness (QED) is 0.264. The third kappa shape index (κ3) is 6.03. The lowest BCUT2D eigenvalue weighted by Gasteiger charge is -2.08. The van der Waals surface area contributed by atoms with Gasteiger partial charge in [0.25, 0.3) is 5.91 Å². The van der Waals surface area contributed by atoms with Crippen LogP contribution < -0.4 is 19.5 Å². The van der Waals surface area contributed by atoms with Crippen molar-refractivity contribution in [3.05, 3.63) is 87.9 Å². The first-order valence-corrected chi connectivity index (χ1v) is 10.1. The Hall–Kier alpha value is -3.48. The zero-order valence-electron chi connectivity index (χ0n) is 17.2. The average molecular weight is 472 g/mol. The first kappa shape index (κ1) is 23.2. The molecule has 0 saturated heterocycles. The second kappa shape index (κ2) is 10.7.